The molecule has 0 aliphatic carbocycles. The Bertz CT molecular complexity index is 679. The van der Waals surface area contributed by atoms with Crippen LogP contribution in [-0.2, 0) is 16.0 Å². The van der Waals surface area contributed by atoms with Gasteiger partial charge in [-0.2, -0.15) is 0 Å². The number of imidazole rings is 1. The maximum atomic E-state index is 11.7. The zero-order valence-electron chi connectivity index (χ0n) is 13.8. The van der Waals surface area contributed by atoms with Crippen LogP contribution in [-0.4, -0.2) is 41.0 Å². The number of fused-ring (bicyclic) bond motifs is 1. The average Bonchev–Trinajstić information content (AvgIpc) is 2.83. The van der Waals surface area contributed by atoms with Crippen molar-refractivity contribution in [3.63, 3.8) is 0 Å². The van der Waals surface area contributed by atoms with Gasteiger partial charge in [0.2, 0.25) is 0 Å². The predicted octanol–water partition coefficient (Wildman–Crippen LogP) is 1.23. The monoisotopic (exact) mass is 319 g/mol. The Morgan fingerprint density at radius 2 is 2.18 bits per heavy atom. The van der Waals surface area contributed by atoms with Gasteiger partial charge in [-0.05, 0) is 45.5 Å². The number of aryl methyl sites for hydroxylation is 1. The molecule has 22 heavy (non-hydrogen) atoms. The first-order chi connectivity index (χ1) is 10.3. The van der Waals surface area contributed by atoms with Crippen molar-refractivity contribution in [1.29, 1.82) is 0 Å². The second kappa shape index (κ2) is 6.73. The van der Waals surface area contributed by atoms with E-state index < -0.39 is 5.41 Å². The fourth-order valence-electron chi connectivity index (χ4n) is 2.02. The minimum absolute atomic E-state index is 0.161. The number of nitrogens with zero attached hydrogens (tertiary/aromatic N) is 3. The Balaban J connectivity index is 2.00. The van der Waals surface area contributed by atoms with E-state index in [9.17, 15) is 4.79 Å². The molecule has 0 unspecified atom stereocenters. The molecule has 0 N–H and O–H groups in total. The van der Waals surface area contributed by atoms with Gasteiger partial charge in [-0.15, -0.1) is 11.8 Å². The van der Waals surface area contributed by atoms with Gasteiger partial charge in [0.25, 0.3) is 0 Å². The minimum Gasteiger partial charge on any atom is -0.465 e. The van der Waals surface area contributed by atoms with E-state index in [1.165, 1.54) is 0 Å². The summed E-state index contributed by atoms with van der Waals surface area (Å²) < 4.78 is 7.35. The van der Waals surface area contributed by atoms with Crippen LogP contribution >= 0.6 is 11.8 Å². The summed E-state index contributed by atoms with van der Waals surface area (Å²) in [7, 11) is 2.03. The molecule has 0 fully saturated rings. The normalized spacial score (nSPS) is 11.8. The molecule has 0 saturated carbocycles. The van der Waals surface area contributed by atoms with Gasteiger partial charge < -0.3 is 9.14 Å². The summed E-state index contributed by atoms with van der Waals surface area (Å²) in [6.07, 6.45) is 7.41. The number of hydrogen-bond acceptors (Lipinski definition) is 5. The molecule has 2 aromatic heterocycles. The summed E-state index contributed by atoms with van der Waals surface area (Å²) in [5, 5.41) is 0.928. The Kier molecular flexibility index (Phi) is 5.16. The van der Waals surface area contributed by atoms with Crippen molar-refractivity contribution in [3.8, 4) is 0 Å². The number of aromatic nitrogens is 3. The highest BCUT2D eigenvalue weighted by atomic mass is 32.2. The van der Waals surface area contributed by atoms with Gasteiger partial charge in [0.15, 0.2) is 13.5 Å². The predicted molar refractivity (Wildman–Crippen MR) is 91.7 cm³/mol. The Morgan fingerprint density at radius 3 is 2.82 bits per heavy atom. The van der Waals surface area contributed by atoms with Crippen molar-refractivity contribution in [1.82, 2.24) is 14.4 Å². The summed E-state index contributed by atoms with van der Waals surface area (Å²) >= 11 is 1.59. The van der Waals surface area contributed by atoms with Crippen molar-refractivity contribution >= 4 is 36.8 Å². The third-order valence-corrected chi connectivity index (χ3v) is 3.97. The molecule has 2 heterocycles. The molecule has 0 aliphatic rings. The van der Waals surface area contributed by atoms with Crippen molar-refractivity contribution in [3.05, 3.63) is 18.1 Å². The zero-order chi connectivity index (χ0) is 16.3. The first-order valence-corrected chi connectivity index (χ1v) is 8.60. The lowest BCUT2D eigenvalue weighted by atomic mass is 9.97. The highest BCUT2D eigenvalue weighted by Crippen LogP contribution is 2.18. The number of rotatable bonds is 5. The number of thioether (sulfide) groups is 1. The van der Waals surface area contributed by atoms with Crippen LogP contribution in [0.5, 0.6) is 0 Å². The molecule has 2 aromatic rings. The molecule has 0 saturated heterocycles. The smallest absolute Gasteiger partial charge is 0.311 e. The van der Waals surface area contributed by atoms with Gasteiger partial charge in [-0.3, -0.25) is 4.79 Å². The topological polar surface area (TPSA) is 56.5 Å². The number of carbonyl (C=O) groups is 1. The molecular weight excluding hydrogens is 297 g/mol. The minimum atomic E-state index is -0.447. The van der Waals surface area contributed by atoms with E-state index in [4.69, 9.17) is 4.74 Å². The van der Waals surface area contributed by atoms with Crippen molar-refractivity contribution in [2.75, 3.05) is 12.9 Å². The van der Waals surface area contributed by atoms with Crippen LogP contribution in [0.15, 0.2) is 17.4 Å². The Morgan fingerprint density at radius 1 is 1.45 bits per heavy atom. The van der Waals surface area contributed by atoms with Crippen LogP contribution in [0.2, 0.25) is 0 Å². The zero-order valence-corrected chi connectivity index (χ0v) is 14.7. The molecule has 118 valence electrons. The molecule has 0 radical (unpaired) electrons. The molecule has 7 heteroatoms. The van der Waals surface area contributed by atoms with Gasteiger partial charge in [0.1, 0.15) is 5.03 Å². The molecular formula is C15H22BN3O2S. The van der Waals surface area contributed by atoms with Crippen LogP contribution in [0.3, 0.4) is 0 Å². The SMILES string of the molecule is Bc1cnc2c(SC)nc(CCCOC(=O)C(C)(C)C)cn12. The van der Waals surface area contributed by atoms with Gasteiger partial charge >= 0.3 is 5.97 Å². The van der Waals surface area contributed by atoms with Crippen LogP contribution in [0.4, 0.5) is 0 Å². The molecule has 0 aliphatic heterocycles. The second-order valence-corrected chi connectivity index (χ2v) is 7.12. The maximum absolute atomic E-state index is 11.7. The van der Waals surface area contributed by atoms with E-state index in [1.807, 2.05) is 47.3 Å². The summed E-state index contributed by atoms with van der Waals surface area (Å²) in [4.78, 5) is 20.7. The van der Waals surface area contributed by atoms with Gasteiger partial charge in [0.05, 0.1) is 17.7 Å². The highest BCUT2D eigenvalue weighted by molar-refractivity contribution is 7.98. The summed E-state index contributed by atoms with van der Waals surface area (Å²) in [6, 6.07) is 0. The quantitative estimate of drug-likeness (QED) is 0.359. The van der Waals surface area contributed by atoms with Gasteiger partial charge in [0, 0.05) is 12.4 Å². The molecule has 5 nitrogen and oxygen atoms in total. The lowest BCUT2D eigenvalue weighted by molar-refractivity contribution is -0.153. The highest BCUT2D eigenvalue weighted by Gasteiger charge is 2.22. The third-order valence-electron chi connectivity index (χ3n) is 3.31. The van der Waals surface area contributed by atoms with Crippen molar-refractivity contribution < 1.29 is 9.53 Å². The molecule has 0 bridgehead atoms. The molecule has 2 rings (SSSR count). The summed E-state index contributed by atoms with van der Waals surface area (Å²) in [5.41, 5.74) is 2.53. The fourth-order valence-corrected chi connectivity index (χ4v) is 2.56. The molecule has 0 amide bonds. The lowest BCUT2D eigenvalue weighted by Gasteiger charge is -2.16. The molecule has 0 aromatic carbocycles. The number of carbonyl (C=O) groups excluding carboxylic acids is 1. The van der Waals surface area contributed by atoms with E-state index in [0.29, 0.717) is 6.61 Å². The van der Waals surface area contributed by atoms with E-state index in [1.54, 1.807) is 11.8 Å². The van der Waals surface area contributed by atoms with E-state index in [-0.39, 0.29) is 5.97 Å². The number of hydrogen-bond donors (Lipinski definition) is 0. The maximum Gasteiger partial charge on any atom is 0.311 e. The van der Waals surface area contributed by atoms with Crippen LogP contribution in [0, 0.1) is 5.41 Å². The Hall–Kier alpha value is -1.50. The molecule has 0 spiro atoms. The largest absolute Gasteiger partial charge is 0.465 e. The summed E-state index contributed by atoms with van der Waals surface area (Å²) in [6.45, 7) is 6.00. The fraction of sp³-hybridized carbons (Fsp3) is 0.533. The first kappa shape index (κ1) is 16.9. The average molecular weight is 319 g/mol. The van der Waals surface area contributed by atoms with Gasteiger partial charge in [-0.25, -0.2) is 9.97 Å². The lowest BCUT2D eigenvalue weighted by Crippen LogP contribution is -2.23. The standard InChI is InChI=1S/C15H22BN3O2S/c1-15(2,3)14(20)21-7-5-6-10-9-19-11(16)8-17-12(19)13(18-10)22-4/h8-9H,5-7,16H2,1-4H3. The van der Waals surface area contributed by atoms with E-state index in [0.717, 1.165) is 34.8 Å². The number of ether oxygens (including phenoxy) is 1. The van der Waals surface area contributed by atoms with Crippen LogP contribution in [0.1, 0.15) is 32.9 Å². The van der Waals surface area contributed by atoms with Crippen LogP contribution < -0.4 is 5.59 Å². The first-order valence-electron chi connectivity index (χ1n) is 7.37. The third kappa shape index (κ3) is 3.82. The Labute approximate surface area is 136 Å². The summed E-state index contributed by atoms with van der Waals surface area (Å²) in [5.74, 6) is -0.161. The van der Waals surface area contributed by atoms with Gasteiger partial charge in [-0.1, -0.05) is 0 Å². The molecule has 0 atom stereocenters. The van der Waals surface area contributed by atoms with Crippen molar-refractivity contribution in [2.45, 2.75) is 38.6 Å². The second-order valence-electron chi connectivity index (χ2n) is 6.32. The van der Waals surface area contributed by atoms with E-state index >= 15 is 0 Å². The van der Waals surface area contributed by atoms with E-state index in [2.05, 4.69) is 14.4 Å². The number of esters is 1. The van der Waals surface area contributed by atoms with Crippen molar-refractivity contribution in [2.24, 2.45) is 5.41 Å². The van der Waals surface area contributed by atoms with Crippen LogP contribution in [0.25, 0.3) is 5.65 Å².